The van der Waals surface area contributed by atoms with Crippen molar-refractivity contribution >= 4 is 17.2 Å². The normalized spacial score (nSPS) is 16.0. The molecule has 1 aliphatic heterocycles. The van der Waals surface area contributed by atoms with E-state index in [0.29, 0.717) is 0 Å². The summed E-state index contributed by atoms with van der Waals surface area (Å²) >= 11 is 1.63. The molecular formula is C20H25FN2OS. The van der Waals surface area contributed by atoms with Crippen LogP contribution in [0.2, 0.25) is 0 Å². The van der Waals surface area contributed by atoms with Crippen LogP contribution in [0, 0.1) is 12.7 Å². The highest BCUT2D eigenvalue weighted by Gasteiger charge is 2.22. The molecule has 1 aromatic carbocycles. The minimum absolute atomic E-state index is 0.163. The van der Waals surface area contributed by atoms with Gasteiger partial charge in [0.25, 0.3) is 5.91 Å². The molecule has 3 nitrogen and oxygen atoms in total. The largest absolute Gasteiger partial charge is 0.337 e. The van der Waals surface area contributed by atoms with Crippen LogP contribution < -0.4 is 0 Å². The van der Waals surface area contributed by atoms with E-state index in [1.165, 1.54) is 22.6 Å². The maximum Gasteiger partial charge on any atom is 0.263 e. The van der Waals surface area contributed by atoms with E-state index in [4.69, 9.17) is 0 Å². The van der Waals surface area contributed by atoms with Gasteiger partial charge in [-0.15, -0.1) is 11.3 Å². The maximum atomic E-state index is 13.0. The summed E-state index contributed by atoms with van der Waals surface area (Å²) < 4.78 is 13.0. The van der Waals surface area contributed by atoms with Crippen LogP contribution in [0.1, 0.15) is 39.0 Å². The third-order valence-electron chi connectivity index (χ3n) is 4.75. The van der Waals surface area contributed by atoms with Gasteiger partial charge in [-0.05, 0) is 49.1 Å². The Kier molecular flexibility index (Phi) is 5.86. The van der Waals surface area contributed by atoms with E-state index in [1.54, 1.807) is 11.3 Å². The van der Waals surface area contributed by atoms with Crippen LogP contribution in [-0.2, 0) is 13.0 Å². The van der Waals surface area contributed by atoms with Gasteiger partial charge in [-0.2, -0.15) is 0 Å². The van der Waals surface area contributed by atoms with E-state index in [9.17, 15) is 9.18 Å². The summed E-state index contributed by atoms with van der Waals surface area (Å²) in [5, 5.41) is 0. The van der Waals surface area contributed by atoms with E-state index in [-0.39, 0.29) is 11.7 Å². The van der Waals surface area contributed by atoms with Crippen molar-refractivity contribution in [2.45, 2.75) is 33.2 Å². The number of amides is 1. The molecular weight excluding hydrogens is 335 g/mol. The van der Waals surface area contributed by atoms with Crippen LogP contribution in [0.15, 0.2) is 30.3 Å². The fourth-order valence-electron chi connectivity index (χ4n) is 3.31. The van der Waals surface area contributed by atoms with E-state index < -0.39 is 0 Å². The summed E-state index contributed by atoms with van der Waals surface area (Å²) in [5.41, 5.74) is 2.34. The van der Waals surface area contributed by atoms with Crippen molar-refractivity contribution < 1.29 is 9.18 Å². The lowest BCUT2D eigenvalue weighted by atomic mass is 10.2. The molecule has 0 bridgehead atoms. The van der Waals surface area contributed by atoms with E-state index in [2.05, 4.69) is 18.7 Å². The van der Waals surface area contributed by atoms with Crippen molar-refractivity contribution in [3.63, 3.8) is 0 Å². The molecule has 0 aliphatic carbocycles. The predicted molar refractivity (Wildman–Crippen MR) is 101 cm³/mol. The molecule has 134 valence electrons. The highest BCUT2D eigenvalue weighted by atomic mass is 32.1. The molecule has 2 aromatic rings. The van der Waals surface area contributed by atoms with Gasteiger partial charge < -0.3 is 4.90 Å². The van der Waals surface area contributed by atoms with Gasteiger partial charge in [-0.3, -0.25) is 9.69 Å². The van der Waals surface area contributed by atoms with Crippen molar-refractivity contribution in [2.24, 2.45) is 0 Å². The van der Waals surface area contributed by atoms with Crippen LogP contribution >= 0.6 is 11.3 Å². The number of halogens is 1. The highest BCUT2D eigenvalue weighted by molar-refractivity contribution is 7.14. The third kappa shape index (κ3) is 4.47. The molecule has 0 unspecified atom stereocenters. The van der Waals surface area contributed by atoms with E-state index in [1.807, 2.05) is 23.1 Å². The van der Waals surface area contributed by atoms with Crippen molar-refractivity contribution in [1.29, 1.82) is 0 Å². The van der Waals surface area contributed by atoms with Gasteiger partial charge >= 0.3 is 0 Å². The van der Waals surface area contributed by atoms with E-state index in [0.717, 1.165) is 56.0 Å². The zero-order valence-electron chi connectivity index (χ0n) is 14.9. The Morgan fingerprint density at radius 2 is 1.92 bits per heavy atom. The van der Waals surface area contributed by atoms with Gasteiger partial charge in [-0.25, -0.2) is 4.39 Å². The Morgan fingerprint density at radius 1 is 1.16 bits per heavy atom. The van der Waals surface area contributed by atoms with Crippen LogP contribution in [0.3, 0.4) is 0 Å². The number of thiophene rings is 1. The first-order valence-electron chi connectivity index (χ1n) is 8.92. The molecule has 25 heavy (non-hydrogen) atoms. The summed E-state index contributed by atoms with van der Waals surface area (Å²) in [6.45, 7) is 8.39. The number of aryl methyl sites for hydroxylation is 2. The van der Waals surface area contributed by atoms with Gasteiger partial charge in [0.1, 0.15) is 5.82 Å². The highest BCUT2D eigenvalue weighted by Crippen LogP contribution is 2.24. The number of carbonyl (C=O) groups excluding carboxylic acids is 1. The fraction of sp³-hybridized carbons (Fsp3) is 0.450. The van der Waals surface area contributed by atoms with Gasteiger partial charge in [0.2, 0.25) is 0 Å². The number of carbonyl (C=O) groups is 1. The first-order valence-corrected chi connectivity index (χ1v) is 9.74. The van der Waals surface area contributed by atoms with Gasteiger partial charge in [0.15, 0.2) is 0 Å². The lowest BCUT2D eigenvalue weighted by Gasteiger charge is -2.21. The molecule has 5 heteroatoms. The quantitative estimate of drug-likeness (QED) is 0.819. The van der Waals surface area contributed by atoms with Crippen molar-refractivity contribution in [3.05, 3.63) is 57.0 Å². The monoisotopic (exact) mass is 360 g/mol. The number of hydrogen-bond donors (Lipinski definition) is 0. The smallest absolute Gasteiger partial charge is 0.263 e. The van der Waals surface area contributed by atoms with Gasteiger partial charge in [0.05, 0.1) is 4.88 Å². The number of benzene rings is 1. The fourth-order valence-corrected chi connectivity index (χ4v) is 4.39. The van der Waals surface area contributed by atoms with Crippen LogP contribution in [0.5, 0.6) is 0 Å². The molecule has 2 heterocycles. The zero-order chi connectivity index (χ0) is 17.8. The molecule has 0 atom stereocenters. The SMILES string of the molecule is CCc1sc(C(=O)N2CCCN(Cc3ccc(F)cc3)CC2)cc1C. The molecule has 1 aliphatic rings. The number of hydrogen-bond acceptors (Lipinski definition) is 3. The summed E-state index contributed by atoms with van der Waals surface area (Å²) in [4.78, 5) is 19.3. The molecule has 3 rings (SSSR count). The summed E-state index contributed by atoms with van der Waals surface area (Å²) in [5.74, 6) is -0.0366. The van der Waals surface area contributed by atoms with Crippen molar-refractivity contribution in [1.82, 2.24) is 9.80 Å². The van der Waals surface area contributed by atoms with Crippen molar-refractivity contribution in [2.75, 3.05) is 26.2 Å². The predicted octanol–water partition coefficient (Wildman–Crippen LogP) is 4.11. The van der Waals surface area contributed by atoms with E-state index >= 15 is 0 Å². The lowest BCUT2D eigenvalue weighted by Crippen LogP contribution is -2.34. The molecule has 0 spiro atoms. The Balaban J connectivity index is 1.60. The number of rotatable bonds is 4. The second-order valence-electron chi connectivity index (χ2n) is 6.62. The summed E-state index contributed by atoms with van der Waals surface area (Å²) in [7, 11) is 0. The average Bonchev–Trinajstić information content (AvgIpc) is 2.84. The third-order valence-corrected chi connectivity index (χ3v) is 6.12. The first-order chi connectivity index (χ1) is 12.1. The summed E-state index contributed by atoms with van der Waals surface area (Å²) in [6, 6.07) is 8.72. The second kappa shape index (κ2) is 8.11. The average molecular weight is 360 g/mol. The molecule has 1 aromatic heterocycles. The Morgan fingerprint density at radius 3 is 2.60 bits per heavy atom. The molecule has 1 fully saturated rings. The zero-order valence-corrected chi connectivity index (χ0v) is 15.7. The summed E-state index contributed by atoms with van der Waals surface area (Å²) in [6.07, 6.45) is 1.95. The van der Waals surface area contributed by atoms with Crippen LogP contribution in [0.25, 0.3) is 0 Å². The molecule has 0 N–H and O–H groups in total. The number of nitrogens with zero attached hydrogens (tertiary/aromatic N) is 2. The maximum absolute atomic E-state index is 13.0. The minimum Gasteiger partial charge on any atom is -0.337 e. The molecule has 1 amide bonds. The van der Waals surface area contributed by atoms with Gasteiger partial charge in [0, 0.05) is 37.6 Å². The Bertz CT molecular complexity index is 726. The Hall–Kier alpha value is -1.72. The molecule has 0 radical (unpaired) electrons. The van der Waals surface area contributed by atoms with Crippen LogP contribution in [0.4, 0.5) is 4.39 Å². The standard InChI is InChI=1S/C20H25FN2OS/c1-3-18-15(2)13-19(25-18)20(24)23-10-4-9-22(11-12-23)14-16-5-7-17(21)8-6-16/h5-8,13H,3-4,9-12,14H2,1-2H3. The minimum atomic E-state index is -0.200. The van der Waals surface area contributed by atoms with Crippen molar-refractivity contribution in [3.8, 4) is 0 Å². The second-order valence-corrected chi connectivity index (χ2v) is 7.76. The van der Waals surface area contributed by atoms with Gasteiger partial charge in [-0.1, -0.05) is 19.1 Å². The molecule has 0 saturated carbocycles. The first kappa shape index (κ1) is 18.1. The van der Waals surface area contributed by atoms with Crippen LogP contribution in [-0.4, -0.2) is 41.9 Å². The Labute approximate surface area is 153 Å². The molecule has 1 saturated heterocycles. The topological polar surface area (TPSA) is 23.6 Å². The lowest BCUT2D eigenvalue weighted by molar-refractivity contribution is 0.0766.